The summed E-state index contributed by atoms with van der Waals surface area (Å²) < 4.78 is 1.46. The monoisotopic (exact) mass is 463 g/mol. The van der Waals surface area contributed by atoms with Gasteiger partial charge in [0.15, 0.2) is 11.8 Å². The quantitative estimate of drug-likeness (QED) is 0.241. The fourth-order valence-electron chi connectivity index (χ4n) is 4.19. The van der Waals surface area contributed by atoms with Crippen molar-refractivity contribution in [3.8, 4) is 22.9 Å². The van der Waals surface area contributed by atoms with Crippen LogP contribution in [0.2, 0.25) is 0 Å². The van der Waals surface area contributed by atoms with E-state index in [-0.39, 0.29) is 11.8 Å². The molecule has 0 saturated heterocycles. The van der Waals surface area contributed by atoms with E-state index in [0.717, 1.165) is 51.9 Å². The second-order valence-corrected chi connectivity index (χ2v) is 8.87. The van der Waals surface area contributed by atoms with E-state index in [1.165, 1.54) is 16.7 Å². The molecule has 1 aliphatic rings. The van der Waals surface area contributed by atoms with Gasteiger partial charge in [0.25, 0.3) is 0 Å². The number of nitrogens with one attached hydrogen (secondary N) is 2. The Morgan fingerprint density at radius 2 is 1.57 bits per heavy atom. The number of benzene rings is 3. The first-order valence-corrected chi connectivity index (χ1v) is 11.7. The Hall–Kier alpha value is -4.52. The van der Waals surface area contributed by atoms with Crippen molar-refractivity contribution < 1.29 is 10.2 Å². The molecule has 0 bridgehead atoms. The van der Waals surface area contributed by atoms with E-state index in [1.54, 1.807) is 0 Å². The Morgan fingerprint density at radius 1 is 0.800 bits per heavy atom. The van der Waals surface area contributed by atoms with Crippen LogP contribution in [0, 0.1) is 0 Å². The summed E-state index contributed by atoms with van der Waals surface area (Å²) >= 11 is 0. The normalized spacial score (nSPS) is 13.1. The van der Waals surface area contributed by atoms with Gasteiger partial charge in [-0.1, -0.05) is 42.5 Å². The van der Waals surface area contributed by atoms with Crippen LogP contribution in [0.1, 0.15) is 18.4 Å². The van der Waals surface area contributed by atoms with Crippen LogP contribution in [0.15, 0.2) is 84.9 Å². The molecule has 0 unspecified atom stereocenters. The second-order valence-electron chi connectivity index (χ2n) is 8.87. The maximum atomic E-state index is 10.00. The number of fused-ring (bicyclic) bond motifs is 1. The standard InChI is InChI=1S/C28H25N5O2/c34-25-13-14-26(35)33(25)17-18-5-4-6-19(15-18)20-9-12-24-23(16-20)27(29-22-10-11-22)32-28(31-24)30-21-7-2-1-3-8-21/h1-9,12-16,22,34-35H,10-11,17H2,(H2,29,30,31,32). The van der Waals surface area contributed by atoms with Gasteiger partial charge in [-0.05, 0) is 59.9 Å². The largest absolute Gasteiger partial charge is 0.494 e. The molecule has 7 heteroatoms. The zero-order valence-corrected chi connectivity index (χ0v) is 19.0. The van der Waals surface area contributed by atoms with Gasteiger partial charge in [-0.2, -0.15) is 4.98 Å². The Kier molecular flexibility index (Phi) is 5.22. The number of para-hydroxylation sites is 1. The molecule has 0 radical (unpaired) electrons. The lowest BCUT2D eigenvalue weighted by atomic mass is 10.0. The molecule has 0 atom stereocenters. The molecule has 0 aliphatic heterocycles. The van der Waals surface area contributed by atoms with Crippen molar-refractivity contribution in [3.63, 3.8) is 0 Å². The van der Waals surface area contributed by atoms with E-state index in [9.17, 15) is 10.2 Å². The van der Waals surface area contributed by atoms with Crippen LogP contribution in [-0.4, -0.2) is 30.8 Å². The molecule has 2 heterocycles. The van der Waals surface area contributed by atoms with E-state index in [2.05, 4.69) is 34.9 Å². The third kappa shape index (κ3) is 4.48. The number of hydrogen-bond donors (Lipinski definition) is 4. The summed E-state index contributed by atoms with van der Waals surface area (Å²) in [6, 6.07) is 27.6. The molecule has 7 nitrogen and oxygen atoms in total. The van der Waals surface area contributed by atoms with Crippen LogP contribution in [0.25, 0.3) is 22.0 Å². The molecule has 35 heavy (non-hydrogen) atoms. The second kappa shape index (κ2) is 8.68. The molecule has 174 valence electrons. The van der Waals surface area contributed by atoms with Gasteiger partial charge in [0.2, 0.25) is 5.95 Å². The van der Waals surface area contributed by atoms with Crippen molar-refractivity contribution in [3.05, 3.63) is 90.5 Å². The Balaban J connectivity index is 1.36. The number of anilines is 3. The van der Waals surface area contributed by atoms with Gasteiger partial charge in [0.1, 0.15) is 5.82 Å². The van der Waals surface area contributed by atoms with Gasteiger partial charge in [-0.3, -0.25) is 4.57 Å². The summed E-state index contributed by atoms with van der Waals surface area (Å²) in [6.45, 7) is 0.373. The van der Waals surface area contributed by atoms with E-state index < -0.39 is 0 Å². The highest BCUT2D eigenvalue weighted by atomic mass is 16.3. The van der Waals surface area contributed by atoms with Gasteiger partial charge >= 0.3 is 0 Å². The Bertz CT molecular complexity index is 1490. The van der Waals surface area contributed by atoms with Crippen LogP contribution in [-0.2, 0) is 6.54 Å². The van der Waals surface area contributed by atoms with E-state index in [0.29, 0.717) is 18.5 Å². The summed E-state index contributed by atoms with van der Waals surface area (Å²) in [6.07, 6.45) is 2.29. The van der Waals surface area contributed by atoms with Crippen LogP contribution in [0.3, 0.4) is 0 Å². The number of aromatic nitrogens is 3. The first-order chi connectivity index (χ1) is 17.1. The highest BCUT2D eigenvalue weighted by Crippen LogP contribution is 2.33. The van der Waals surface area contributed by atoms with Crippen molar-refractivity contribution in [2.45, 2.75) is 25.4 Å². The minimum absolute atomic E-state index is 0.0338. The molecule has 0 amide bonds. The molecule has 4 N–H and O–H groups in total. The van der Waals surface area contributed by atoms with Crippen LogP contribution in [0.4, 0.5) is 17.5 Å². The number of rotatable bonds is 7. The van der Waals surface area contributed by atoms with Crippen LogP contribution >= 0.6 is 0 Å². The molecule has 1 fully saturated rings. The zero-order chi connectivity index (χ0) is 23.8. The minimum atomic E-state index is 0.0338. The molecular formula is C28H25N5O2. The van der Waals surface area contributed by atoms with Crippen LogP contribution < -0.4 is 10.6 Å². The maximum absolute atomic E-state index is 10.00. The van der Waals surface area contributed by atoms with Crippen molar-refractivity contribution >= 4 is 28.4 Å². The fourth-order valence-corrected chi connectivity index (χ4v) is 4.19. The van der Waals surface area contributed by atoms with Gasteiger partial charge in [-0.15, -0.1) is 0 Å². The first-order valence-electron chi connectivity index (χ1n) is 11.7. The first kappa shape index (κ1) is 21.0. The SMILES string of the molecule is Oc1ccc(O)n1Cc1cccc(-c2ccc3nc(Nc4ccccc4)nc(NC4CC4)c3c2)c1. The summed E-state index contributed by atoms with van der Waals surface area (Å²) in [5, 5.41) is 27.8. The molecular weight excluding hydrogens is 438 g/mol. The van der Waals surface area contributed by atoms with E-state index in [4.69, 9.17) is 9.97 Å². The van der Waals surface area contributed by atoms with Gasteiger partial charge < -0.3 is 20.8 Å². The lowest BCUT2D eigenvalue weighted by Crippen LogP contribution is -2.07. The van der Waals surface area contributed by atoms with Crippen molar-refractivity contribution in [2.24, 2.45) is 0 Å². The summed E-state index contributed by atoms with van der Waals surface area (Å²) in [5.41, 5.74) is 4.87. The average molecular weight is 464 g/mol. The molecule has 5 aromatic rings. The van der Waals surface area contributed by atoms with Crippen LogP contribution in [0.5, 0.6) is 11.8 Å². The van der Waals surface area contributed by atoms with Gasteiger partial charge in [0, 0.05) is 29.2 Å². The number of aromatic hydroxyl groups is 2. The zero-order valence-electron chi connectivity index (χ0n) is 19.0. The third-order valence-corrected chi connectivity index (χ3v) is 6.18. The highest BCUT2D eigenvalue weighted by molar-refractivity contribution is 5.94. The minimum Gasteiger partial charge on any atom is -0.494 e. The highest BCUT2D eigenvalue weighted by Gasteiger charge is 2.23. The average Bonchev–Trinajstić information content (AvgIpc) is 3.65. The topological polar surface area (TPSA) is 95.2 Å². The summed E-state index contributed by atoms with van der Waals surface area (Å²) in [5.74, 6) is 1.46. The Labute approximate surface area is 202 Å². The molecule has 0 spiro atoms. The number of hydrogen-bond acceptors (Lipinski definition) is 6. The molecule has 1 aliphatic carbocycles. The maximum Gasteiger partial charge on any atom is 0.229 e. The fraction of sp³-hybridized carbons (Fsp3) is 0.143. The van der Waals surface area contributed by atoms with Crippen molar-refractivity contribution in [1.29, 1.82) is 0 Å². The smallest absolute Gasteiger partial charge is 0.229 e. The van der Waals surface area contributed by atoms with Crippen molar-refractivity contribution in [2.75, 3.05) is 10.6 Å². The predicted molar refractivity (Wildman–Crippen MR) is 138 cm³/mol. The lowest BCUT2D eigenvalue weighted by Gasteiger charge is -2.13. The predicted octanol–water partition coefficient (Wildman–Crippen LogP) is 5.88. The van der Waals surface area contributed by atoms with Gasteiger partial charge in [-0.25, -0.2) is 4.98 Å². The summed E-state index contributed by atoms with van der Waals surface area (Å²) in [7, 11) is 0. The molecule has 1 saturated carbocycles. The van der Waals surface area contributed by atoms with Crippen molar-refractivity contribution in [1.82, 2.24) is 14.5 Å². The van der Waals surface area contributed by atoms with E-state index in [1.807, 2.05) is 48.5 Å². The molecule has 6 rings (SSSR count). The lowest BCUT2D eigenvalue weighted by molar-refractivity contribution is 0.377. The third-order valence-electron chi connectivity index (χ3n) is 6.18. The number of nitrogens with zero attached hydrogens (tertiary/aromatic N) is 3. The molecule has 2 aromatic heterocycles. The Morgan fingerprint density at radius 3 is 2.34 bits per heavy atom. The summed E-state index contributed by atoms with van der Waals surface area (Å²) in [4.78, 5) is 9.57. The van der Waals surface area contributed by atoms with Gasteiger partial charge in [0.05, 0.1) is 12.1 Å². The molecule has 3 aromatic carbocycles. The van der Waals surface area contributed by atoms with E-state index >= 15 is 0 Å².